The molecule has 0 fully saturated rings. The fourth-order valence-corrected chi connectivity index (χ4v) is 1.79. The predicted molar refractivity (Wildman–Crippen MR) is 73.8 cm³/mol. The molecule has 0 aromatic carbocycles. The van der Waals surface area contributed by atoms with Gasteiger partial charge in [-0.25, -0.2) is 0 Å². The maximum Gasteiger partial charge on any atom is 0.221 e. The zero-order valence-corrected chi connectivity index (χ0v) is 12.4. The molecule has 0 atom stereocenters. The lowest BCUT2D eigenvalue weighted by atomic mass is 10.3. The summed E-state index contributed by atoms with van der Waals surface area (Å²) < 4.78 is 7.84. The molecule has 0 bridgehead atoms. The van der Waals surface area contributed by atoms with Crippen LogP contribution in [0.2, 0.25) is 0 Å². The number of halogens is 1. The van der Waals surface area contributed by atoms with Crippen LogP contribution in [0.25, 0.3) is 0 Å². The Morgan fingerprint density at radius 3 is 3.00 bits per heavy atom. The van der Waals surface area contributed by atoms with Gasteiger partial charge in [0.05, 0.1) is 9.26 Å². The molecule has 1 aromatic heterocycles. The van der Waals surface area contributed by atoms with Crippen LogP contribution in [0.1, 0.15) is 18.5 Å². The Labute approximate surface area is 115 Å². The first-order valence-corrected chi connectivity index (χ1v) is 6.66. The highest BCUT2D eigenvalue weighted by molar-refractivity contribution is 14.1. The molecule has 0 saturated carbocycles. The molecule has 1 aromatic rings. The van der Waals surface area contributed by atoms with Crippen LogP contribution in [-0.4, -0.2) is 35.9 Å². The number of hydrogen-bond acceptors (Lipinski definition) is 3. The fourth-order valence-electron chi connectivity index (χ4n) is 1.36. The minimum atomic E-state index is 0.0595. The SMILES string of the molecule is COCCCNC(=O)CCn1cc(I)c(C)n1. The van der Waals surface area contributed by atoms with Gasteiger partial charge in [-0.1, -0.05) is 0 Å². The van der Waals surface area contributed by atoms with E-state index in [-0.39, 0.29) is 5.91 Å². The number of aryl methyl sites for hydroxylation is 2. The first-order chi connectivity index (χ1) is 8.13. The Bertz CT molecular complexity index is 346. The van der Waals surface area contributed by atoms with Crippen molar-refractivity contribution in [2.45, 2.75) is 26.3 Å². The Morgan fingerprint density at radius 1 is 1.65 bits per heavy atom. The van der Waals surface area contributed by atoms with Gasteiger partial charge in [0.25, 0.3) is 0 Å². The van der Waals surface area contributed by atoms with E-state index in [0.29, 0.717) is 26.1 Å². The highest BCUT2D eigenvalue weighted by Gasteiger charge is 2.04. The van der Waals surface area contributed by atoms with Gasteiger partial charge >= 0.3 is 0 Å². The molecule has 1 heterocycles. The zero-order valence-electron chi connectivity index (χ0n) is 10.2. The third-order valence-corrected chi connectivity index (χ3v) is 3.36. The van der Waals surface area contributed by atoms with Crippen LogP contribution in [0.3, 0.4) is 0 Å². The second-order valence-corrected chi connectivity index (χ2v) is 4.93. The van der Waals surface area contributed by atoms with E-state index >= 15 is 0 Å². The number of methoxy groups -OCH3 is 1. The maximum atomic E-state index is 11.5. The third kappa shape index (κ3) is 5.49. The van der Waals surface area contributed by atoms with E-state index in [1.54, 1.807) is 7.11 Å². The Hall–Kier alpha value is -0.630. The molecule has 1 N–H and O–H groups in total. The lowest BCUT2D eigenvalue weighted by Crippen LogP contribution is -2.26. The van der Waals surface area contributed by atoms with Gasteiger partial charge in [0, 0.05) is 39.4 Å². The van der Waals surface area contributed by atoms with Crippen molar-refractivity contribution in [3.05, 3.63) is 15.5 Å². The van der Waals surface area contributed by atoms with Crippen LogP contribution in [0, 0.1) is 10.5 Å². The second kappa shape index (κ2) is 7.65. The average molecular weight is 351 g/mol. The number of amides is 1. The molecule has 0 aliphatic rings. The van der Waals surface area contributed by atoms with Gasteiger partial charge in [0.1, 0.15) is 0 Å². The lowest BCUT2D eigenvalue weighted by Gasteiger charge is -2.04. The molecule has 1 rings (SSSR count). The molecule has 6 heteroatoms. The monoisotopic (exact) mass is 351 g/mol. The summed E-state index contributed by atoms with van der Waals surface area (Å²) in [5, 5.41) is 7.15. The third-order valence-electron chi connectivity index (χ3n) is 2.30. The average Bonchev–Trinajstić information content (AvgIpc) is 2.62. The largest absolute Gasteiger partial charge is 0.385 e. The second-order valence-electron chi connectivity index (χ2n) is 3.77. The van der Waals surface area contributed by atoms with Gasteiger partial charge in [-0.05, 0) is 35.9 Å². The Balaban J connectivity index is 2.19. The molecule has 0 spiro atoms. The van der Waals surface area contributed by atoms with E-state index < -0.39 is 0 Å². The molecular formula is C11H18IN3O2. The Kier molecular flexibility index (Phi) is 6.49. The van der Waals surface area contributed by atoms with Gasteiger partial charge in [-0.3, -0.25) is 9.48 Å². The number of carbonyl (C=O) groups is 1. The smallest absolute Gasteiger partial charge is 0.221 e. The quantitative estimate of drug-likeness (QED) is 0.596. The van der Waals surface area contributed by atoms with Crippen LogP contribution < -0.4 is 5.32 Å². The number of nitrogens with one attached hydrogen (secondary N) is 1. The molecule has 1 amide bonds. The van der Waals surface area contributed by atoms with Crippen LogP contribution in [0.5, 0.6) is 0 Å². The maximum absolute atomic E-state index is 11.5. The topological polar surface area (TPSA) is 56.1 Å². The number of aromatic nitrogens is 2. The van der Waals surface area contributed by atoms with E-state index in [4.69, 9.17) is 4.74 Å². The van der Waals surface area contributed by atoms with Crippen LogP contribution >= 0.6 is 22.6 Å². The van der Waals surface area contributed by atoms with Crippen LogP contribution in [0.4, 0.5) is 0 Å². The Morgan fingerprint density at radius 2 is 2.41 bits per heavy atom. The summed E-state index contributed by atoms with van der Waals surface area (Å²) in [6.45, 7) is 3.93. The van der Waals surface area contributed by atoms with Crippen molar-refractivity contribution in [1.29, 1.82) is 0 Å². The molecule has 5 nitrogen and oxygen atoms in total. The first kappa shape index (κ1) is 14.4. The summed E-state index contributed by atoms with van der Waals surface area (Å²) >= 11 is 2.24. The molecule has 0 saturated heterocycles. The van der Waals surface area contributed by atoms with Crippen LogP contribution in [-0.2, 0) is 16.1 Å². The van der Waals surface area contributed by atoms with E-state index in [1.165, 1.54) is 0 Å². The minimum absolute atomic E-state index is 0.0595. The standard InChI is InChI=1S/C11H18IN3O2/c1-9-10(12)8-15(14-9)6-4-11(16)13-5-3-7-17-2/h8H,3-7H2,1-2H3,(H,13,16). The number of rotatable bonds is 7. The highest BCUT2D eigenvalue weighted by atomic mass is 127. The van der Waals surface area contributed by atoms with E-state index in [0.717, 1.165) is 15.7 Å². The number of ether oxygens (including phenoxy) is 1. The molecule has 0 aliphatic heterocycles. The van der Waals surface area contributed by atoms with Gasteiger partial charge < -0.3 is 10.1 Å². The van der Waals surface area contributed by atoms with Crippen molar-refractivity contribution in [2.24, 2.45) is 0 Å². The van der Waals surface area contributed by atoms with Gasteiger partial charge in [0.15, 0.2) is 0 Å². The van der Waals surface area contributed by atoms with Crippen molar-refractivity contribution in [3.63, 3.8) is 0 Å². The van der Waals surface area contributed by atoms with Gasteiger partial charge in [-0.15, -0.1) is 0 Å². The zero-order chi connectivity index (χ0) is 12.7. The first-order valence-electron chi connectivity index (χ1n) is 5.58. The van der Waals surface area contributed by atoms with E-state index in [1.807, 2.05) is 17.8 Å². The van der Waals surface area contributed by atoms with Crippen molar-refractivity contribution < 1.29 is 9.53 Å². The molecule has 0 unspecified atom stereocenters. The molecule has 0 aliphatic carbocycles. The number of carbonyl (C=O) groups excluding carboxylic acids is 1. The fraction of sp³-hybridized carbons (Fsp3) is 0.636. The molecule has 0 radical (unpaired) electrons. The van der Waals surface area contributed by atoms with Gasteiger partial charge in [0.2, 0.25) is 5.91 Å². The normalized spacial score (nSPS) is 10.5. The van der Waals surface area contributed by atoms with Crippen molar-refractivity contribution >= 4 is 28.5 Å². The van der Waals surface area contributed by atoms with Crippen LogP contribution in [0.15, 0.2) is 6.20 Å². The lowest BCUT2D eigenvalue weighted by molar-refractivity contribution is -0.121. The minimum Gasteiger partial charge on any atom is -0.385 e. The van der Waals surface area contributed by atoms with Crippen molar-refractivity contribution in [1.82, 2.24) is 15.1 Å². The molecular weight excluding hydrogens is 333 g/mol. The summed E-state index contributed by atoms with van der Waals surface area (Å²) in [4.78, 5) is 11.5. The van der Waals surface area contributed by atoms with Crippen molar-refractivity contribution in [2.75, 3.05) is 20.3 Å². The van der Waals surface area contributed by atoms with Gasteiger partial charge in [-0.2, -0.15) is 5.10 Å². The molecule has 96 valence electrons. The summed E-state index contributed by atoms with van der Waals surface area (Å²) in [5.41, 5.74) is 1.01. The summed E-state index contributed by atoms with van der Waals surface area (Å²) in [6.07, 6.45) is 3.26. The summed E-state index contributed by atoms with van der Waals surface area (Å²) in [6, 6.07) is 0. The highest BCUT2D eigenvalue weighted by Crippen LogP contribution is 2.08. The number of hydrogen-bond donors (Lipinski definition) is 1. The number of nitrogens with zero attached hydrogens (tertiary/aromatic N) is 2. The molecule has 17 heavy (non-hydrogen) atoms. The van der Waals surface area contributed by atoms with E-state index in [2.05, 4.69) is 33.0 Å². The summed E-state index contributed by atoms with van der Waals surface area (Å²) in [7, 11) is 1.66. The summed E-state index contributed by atoms with van der Waals surface area (Å²) in [5.74, 6) is 0.0595. The van der Waals surface area contributed by atoms with Crippen molar-refractivity contribution in [3.8, 4) is 0 Å². The predicted octanol–water partition coefficient (Wildman–Crippen LogP) is 1.34. The van der Waals surface area contributed by atoms with E-state index in [9.17, 15) is 4.79 Å².